The highest BCUT2D eigenvalue weighted by molar-refractivity contribution is 7.99. The molecule has 2 aromatic rings. The Labute approximate surface area is 197 Å². The van der Waals surface area contributed by atoms with E-state index in [9.17, 15) is 4.79 Å². The molecule has 8 nitrogen and oxygen atoms in total. The second kappa shape index (κ2) is 11.8. The smallest absolute Gasteiger partial charge is 0.275 e. The molecular formula is C20H28Cl2N6O2S. The molecule has 1 amide bonds. The standard InChI is InChI=1S/C20H28Cl2N6O2S/c1-3-28(31-2)19-18(24-26-25-19)20(29)23-9-4-10-27-11-7-14(8-12-27)30-15-5-6-16(21)17(22)13-15/h5-6,13-14H,3-4,7-12H2,1-2H3,(H,23,29)(H,24,25,26). The SMILES string of the molecule is CCN(SC)c1n[nH]nc1C(=O)NCCCN1CCC(Oc2ccc(Cl)c(Cl)c2)CC1. The topological polar surface area (TPSA) is 86.4 Å². The van der Waals surface area contributed by atoms with Crippen LogP contribution in [0, 0.1) is 0 Å². The van der Waals surface area contributed by atoms with E-state index in [2.05, 4.69) is 25.6 Å². The first kappa shape index (κ1) is 24.0. The third kappa shape index (κ3) is 6.65. The summed E-state index contributed by atoms with van der Waals surface area (Å²) < 4.78 is 7.96. The summed E-state index contributed by atoms with van der Waals surface area (Å²) in [7, 11) is 0. The van der Waals surface area contributed by atoms with Crippen molar-refractivity contribution in [3.05, 3.63) is 33.9 Å². The normalized spacial score (nSPS) is 15.1. The van der Waals surface area contributed by atoms with E-state index in [-0.39, 0.29) is 12.0 Å². The largest absolute Gasteiger partial charge is 0.490 e. The molecule has 0 bridgehead atoms. The molecule has 0 aliphatic carbocycles. The molecule has 0 atom stereocenters. The number of H-pyrrole nitrogens is 1. The van der Waals surface area contributed by atoms with E-state index in [1.807, 2.05) is 23.6 Å². The van der Waals surface area contributed by atoms with Gasteiger partial charge in [-0.3, -0.25) is 9.10 Å². The lowest BCUT2D eigenvalue weighted by atomic mass is 10.1. The molecule has 1 aromatic heterocycles. The van der Waals surface area contributed by atoms with Crippen LogP contribution in [0.5, 0.6) is 5.75 Å². The number of nitrogens with one attached hydrogen (secondary N) is 2. The Morgan fingerprint density at radius 2 is 2.10 bits per heavy atom. The van der Waals surface area contributed by atoms with Crippen LogP contribution in [0.15, 0.2) is 18.2 Å². The third-order valence-corrected chi connectivity index (χ3v) is 6.76. The Bertz CT molecular complexity index is 856. The van der Waals surface area contributed by atoms with Crippen LogP contribution in [-0.2, 0) is 0 Å². The fraction of sp³-hybridized carbons (Fsp3) is 0.550. The van der Waals surface area contributed by atoms with Crippen LogP contribution >= 0.6 is 35.1 Å². The number of carbonyl (C=O) groups excluding carboxylic acids is 1. The number of benzene rings is 1. The van der Waals surface area contributed by atoms with Gasteiger partial charge in [-0.05, 0) is 44.9 Å². The van der Waals surface area contributed by atoms with Gasteiger partial charge in [0, 0.05) is 38.5 Å². The number of carbonyl (C=O) groups is 1. The second-order valence-corrected chi connectivity index (χ2v) is 8.84. The Hall–Kier alpha value is -1.68. The second-order valence-electron chi connectivity index (χ2n) is 7.22. The van der Waals surface area contributed by atoms with E-state index in [1.165, 1.54) is 11.9 Å². The van der Waals surface area contributed by atoms with E-state index in [4.69, 9.17) is 27.9 Å². The van der Waals surface area contributed by atoms with Gasteiger partial charge in [0.05, 0.1) is 10.0 Å². The molecule has 1 aliphatic rings. The lowest BCUT2D eigenvalue weighted by Gasteiger charge is -2.32. The van der Waals surface area contributed by atoms with Gasteiger partial charge in [0.15, 0.2) is 11.5 Å². The fourth-order valence-corrected chi connectivity index (χ4v) is 4.35. The Morgan fingerprint density at radius 1 is 1.32 bits per heavy atom. The van der Waals surface area contributed by atoms with Crippen molar-refractivity contribution in [3.63, 3.8) is 0 Å². The molecule has 0 saturated carbocycles. The van der Waals surface area contributed by atoms with Crippen molar-refractivity contribution in [1.29, 1.82) is 0 Å². The highest BCUT2D eigenvalue weighted by Gasteiger charge is 2.22. The predicted molar refractivity (Wildman–Crippen MR) is 126 cm³/mol. The van der Waals surface area contributed by atoms with Crippen molar-refractivity contribution in [2.75, 3.05) is 43.3 Å². The number of nitrogens with zero attached hydrogens (tertiary/aromatic N) is 4. The molecule has 11 heteroatoms. The number of hydrogen-bond acceptors (Lipinski definition) is 7. The van der Waals surface area contributed by atoms with E-state index < -0.39 is 0 Å². The molecule has 3 rings (SSSR count). The van der Waals surface area contributed by atoms with Crippen molar-refractivity contribution in [3.8, 4) is 5.75 Å². The van der Waals surface area contributed by atoms with E-state index in [0.717, 1.165) is 51.2 Å². The average molecular weight is 487 g/mol. The summed E-state index contributed by atoms with van der Waals surface area (Å²) in [4.78, 5) is 14.9. The maximum Gasteiger partial charge on any atom is 0.275 e. The van der Waals surface area contributed by atoms with Gasteiger partial charge in [0.1, 0.15) is 11.9 Å². The third-order valence-electron chi connectivity index (χ3n) is 5.15. The molecule has 31 heavy (non-hydrogen) atoms. The van der Waals surface area contributed by atoms with Crippen LogP contribution in [0.25, 0.3) is 0 Å². The Balaban J connectivity index is 1.35. The summed E-state index contributed by atoms with van der Waals surface area (Å²) in [5.74, 6) is 1.12. The van der Waals surface area contributed by atoms with Gasteiger partial charge in [0.2, 0.25) is 0 Å². The van der Waals surface area contributed by atoms with Crippen molar-refractivity contribution in [2.45, 2.75) is 32.3 Å². The van der Waals surface area contributed by atoms with Gasteiger partial charge in [-0.25, -0.2) is 0 Å². The molecule has 2 N–H and O–H groups in total. The zero-order chi connectivity index (χ0) is 22.2. The number of likely N-dealkylation sites (tertiary alicyclic amines) is 1. The van der Waals surface area contributed by atoms with Crippen LogP contribution < -0.4 is 14.4 Å². The zero-order valence-corrected chi connectivity index (χ0v) is 20.1. The molecule has 2 heterocycles. The number of halogens is 2. The van der Waals surface area contributed by atoms with E-state index in [0.29, 0.717) is 28.1 Å². The molecule has 170 valence electrons. The number of hydrogen-bond donors (Lipinski definition) is 2. The summed E-state index contributed by atoms with van der Waals surface area (Å²) in [6.45, 7) is 6.19. The molecule has 1 fully saturated rings. The molecule has 0 radical (unpaired) electrons. The quantitative estimate of drug-likeness (QED) is 0.389. The molecule has 0 spiro atoms. The number of anilines is 1. The van der Waals surface area contributed by atoms with Crippen molar-refractivity contribution in [1.82, 2.24) is 25.6 Å². The van der Waals surface area contributed by atoms with Crippen LogP contribution in [0.4, 0.5) is 5.82 Å². The monoisotopic (exact) mass is 486 g/mol. The summed E-state index contributed by atoms with van der Waals surface area (Å²) >= 11 is 13.5. The summed E-state index contributed by atoms with van der Waals surface area (Å²) in [5, 5.41) is 14.6. The average Bonchev–Trinajstić information content (AvgIpc) is 3.25. The first-order valence-corrected chi connectivity index (χ1v) is 12.3. The number of aromatic amines is 1. The van der Waals surface area contributed by atoms with Crippen LogP contribution in [0.3, 0.4) is 0 Å². The summed E-state index contributed by atoms with van der Waals surface area (Å²) in [5.41, 5.74) is 0.330. The van der Waals surface area contributed by atoms with Gasteiger partial charge in [0.25, 0.3) is 5.91 Å². The minimum atomic E-state index is -0.204. The fourth-order valence-electron chi connectivity index (χ4n) is 3.50. The maximum atomic E-state index is 12.5. The number of rotatable bonds is 10. The number of piperidine rings is 1. The number of aromatic nitrogens is 3. The lowest BCUT2D eigenvalue weighted by molar-refractivity contribution is 0.0932. The van der Waals surface area contributed by atoms with E-state index in [1.54, 1.807) is 12.1 Å². The molecule has 0 unspecified atom stereocenters. The summed E-state index contributed by atoms with van der Waals surface area (Å²) in [6, 6.07) is 5.37. The Kier molecular flexibility index (Phi) is 9.13. The van der Waals surface area contributed by atoms with Gasteiger partial charge in [-0.2, -0.15) is 5.21 Å². The van der Waals surface area contributed by atoms with Gasteiger partial charge in [-0.15, -0.1) is 10.2 Å². The van der Waals surface area contributed by atoms with Crippen molar-refractivity contribution in [2.24, 2.45) is 0 Å². The molecule has 1 saturated heterocycles. The maximum absolute atomic E-state index is 12.5. The molecule has 1 aliphatic heterocycles. The van der Waals surface area contributed by atoms with Crippen molar-refractivity contribution >= 4 is 46.9 Å². The predicted octanol–water partition coefficient (Wildman–Crippen LogP) is 3.88. The first-order valence-electron chi connectivity index (χ1n) is 10.4. The lowest BCUT2D eigenvalue weighted by Crippen LogP contribution is -2.39. The minimum absolute atomic E-state index is 0.178. The highest BCUT2D eigenvalue weighted by Crippen LogP contribution is 2.28. The van der Waals surface area contributed by atoms with Crippen LogP contribution in [0.1, 0.15) is 36.7 Å². The zero-order valence-electron chi connectivity index (χ0n) is 17.7. The van der Waals surface area contributed by atoms with Crippen LogP contribution in [0.2, 0.25) is 10.0 Å². The van der Waals surface area contributed by atoms with Crippen LogP contribution in [-0.4, -0.2) is 71.3 Å². The Morgan fingerprint density at radius 3 is 2.77 bits per heavy atom. The van der Waals surface area contributed by atoms with Gasteiger partial charge >= 0.3 is 0 Å². The van der Waals surface area contributed by atoms with Gasteiger partial charge in [-0.1, -0.05) is 35.1 Å². The van der Waals surface area contributed by atoms with E-state index >= 15 is 0 Å². The molecule has 1 aromatic carbocycles. The van der Waals surface area contributed by atoms with Gasteiger partial charge < -0.3 is 15.0 Å². The highest BCUT2D eigenvalue weighted by atomic mass is 35.5. The number of amides is 1. The van der Waals surface area contributed by atoms with Crippen molar-refractivity contribution < 1.29 is 9.53 Å². The minimum Gasteiger partial charge on any atom is -0.490 e. The molecular weight excluding hydrogens is 459 g/mol. The first-order chi connectivity index (χ1) is 15.0. The number of ether oxygens (including phenoxy) is 1. The summed E-state index contributed by atoms with van der Waals surface area (Å²) in [6.07, 6.45) is 4.90.